The van der Waals surface area contributed by atoms with Crippen LogP contribution in [-0.2, 0) is 9.59 Å². The van der Waals surface area contributed by atoms with E-state index in [1.807, 2.05) is 0 Å². The smallest absolute Gasteiger partial charge is 0.248 e. The molecule has 0 bridgehead atoms. The summed E-state index contributed by atoms with van der Waals surface area (Å²) < 4.78 is 0. The lowest BCUT2D eigenvalue weighted by molar-refractivity contribution is -0.114. The summed E-state index contributed by atoms with van der Waals surface area (Å²) >= 11 is 10.5. The van der Waals surface area contributed by atoms with E-state index >= 15 is 0 Å². The van der Waals surface area contributed by atoms with E-state index in [0.717, 1.165) is 0 Å². The Hall–Kier alpha value is -1.54. The Morgan fingerprint density at radius 1 is 1.00 bits per heavy atom. The third kappa shape index (κ3) is 6.59. The fourth-order valence-electron chi connectivity index (χ4n) is 1.03. The van der Waals surface area contributed by atoms with Crippen molar-refractivity contribution < 1.29 is 9.59 Å². The van der Waals surface area contributed by atoms with Crippen LogP contribution < -0.4 is 22.9 Å². The highest BCUT2D eigenvalue weighted by Crippen LogP contribution is 2.13. The van der Waals surface area contributed by atoms with Crippen molar-refractivity contribution in [2.24, 2.45) is 32.9 Å². The molecule has 8 nitrogen and oxygen atoms in total. The van der Waals surface area contributed by atoms with Crippen LogP contribution in [0, 0.1) is 0 Å². The van der Waals surface area contributed by atoms with Crippen LogP contribution >= 0.6 is 23.2 Å². The molecule has 0 aromatic carbocycles. The molecule has 0 aliphatic carbocycles. The molecule has 0 heterocycles. The number of carbonyl (C=O) groups is 2. The van der Waals surface area contributed by atoms with Crippen molar-refractivity contribution in [3.8, 4) is 0 Å². The molecule has 0 saturated heterocycles. The maximum absolute atomic E-state index is 11.1. The van der Waals surface area contributed by atoms with Gasteiger partial charge >= 0.3 is 0 Å². The summed E-state index contributed by atoms with van der Waals surface area (Å²) in [6.07, 6.45) is -0.334. The van der Waals surface area contributed by atoms with E-state index in [9.17, 15) is 9.59 Å². The zero-order valence-corrected chi connectivity index (χ0v) is 10.1. The average molecular weight is 283 g/mol. The van der Waals surface area contributed by atoms with Crippen molar-refractivity contribution >= 4 is 45.6 Å². The molecule has 0 fully saturated rings. The zero-order chi connectivity index (χ0) is 13.6. The Balaban J connectivity index is 5.21. The SMILES string of the molecule is NC(N)=NC(CC(=O)Cl)C(N=C(N)N)C(=O)Cl. The molecule has 0 rings (SSSR count). The molecule has 0 aliphatic heterocycles. The summed E-state index contributed by atoms with van der Waals surface area (Å²) in [5.41, 5.74) is 20.5. The fourth-order valence-corrected chi connectivity index (χ4v) is 1.38. The molecule has 0 aromatic heterocycles. The molecule has 2 atom stereocenters. The molecule has 8 N–H and O–H groups in total. The van der Waals surface area contributed by atoms with Crippen LogP contribution in [0.4, 0.5) is 0 Å². The van der Waals surface area contributed by atoms with Gasteiger partial charge in [-0.25, -0.2) is 9.98 Å². The van der Waals surface area contributed by atoms with Gasteiger partial charge in [0, 0.05) is 6.42 Å². The Kier molecular flexibility index (Phi) is 6.29. The lowest BCUT2D eigenvalue weighted by atomic mass is 10.1. The molecular formula is C7H12Cl2N6O2. The van der Waals surface area contributed by atoms with E-state index in [0.29, 0.717) is 0 Å². The van der Waals surface area contributed by atoms with Crippen LogP contribution in [0.25, 0.3) is 0 Å². The number of hydrogen-bond donors (Lipinski definition) is 4. The number of guanidine groups is 2. The molecule has 0 aliphatic rings. The molecule has 0 radical (unpaired) electrons. The van der Waals surface area contributed by atoms with Crippen molar-refractivity contribution in [2.75, 3.05) is 0 Å². The monoisotopic (exact) mass is 282 g/mol. The summed E-state index contributed by atoms with van der Waals surface area (Å²) in [7, 11) is 0. The second kappa shape index (κ2) is 6.92. The average Bonchev–Trinajstić information content (AvgIpc) is 2.10. The van der Waals surface area contributed by atoms with Crippen LogP contribution in [0.15, 0.2) is 9.98 Å². The maximum Gasteiger partial charge on any atom is 0.248 e. The first kappa shape index (κ1) is 15.5. The molecule has 2 unspecified atom stereocenters. The first-order valence-corrected chi connectivity index (χ1v) is 5.04. The third-order valence-electron chi connectivity index (χ3n) is 1.57. The Morgan fingerprint density at radius 2 is 1.47 bits per heavy atom. The second-order valence-corrected chi connectivity index (χ2v) is 3.78. The van der Waals surface area contributed by atoms with E-state index in [4.69, 9.17) is 46.1 Å². The molecule has 0 amide bonds. The summed E-state index contributed by atoms with van der Waals surface area (Å²) in [4.78, 5) is 29.1. The highest BCUT2D eigenvalue weighted by Gasteiger charge is 2.28. The number of carbonyl (C=O) groups excluding carboxylic acids is 2. The van der Waals surface area contributed by atoms with Crippen molar-refractivity contribution in [1.29, 1.82) is 0 Å². The predicted octanol–water partition coefficient (Wildman–Crippen LogP) is -1.81. The van der Waals surface area contributed by atoms with E-state index in [1.165, 1.54) is 0 Å². The van der Waals surface area contributed by atoms with Gasteiger partial charge in [0.05, 0.1) is 6.04 Å². The Bertz CT molecular complexity index is 361. The quantitative estimate of drug-likeness (QED) is 0.255. The number of hydrogen-bond acceptors (Lipinski definition) is 4. The van der Waals surface area contributed by atoms with Gasteiger partial charge in [-0.1, -0.05) is 0 Å². The van der Waals surface area contributed by atoms with Crippen molar-refractivity contribution in [1.82, 2.24) is 0 Å². The van der Waals surface area contributed by atoms with E-state index in [2.05, 4.69) is 9.98 Å². The van der Waals surface area contributed by atoms with Gasteiger partial charge in [-0.2, -0.15) is 0 Å². The van der Waals surface area contributed by atoms with Crippen LogP contribution in [-0.4, -0.2) is 34.5 Å². The van der Waals surface area contributed by atoms with Gasteiger partial charge in [-0.15, -0.1) is 0 Å². The molecule has 96 valence electrons. The van der Waals surface area contributed by atoms with E-state index in [1.54, 1.807) is 0 Å². The summed E-state index contributed by atoms with van der Waals surface area (Å²) in [6, 6.07) is -2.32. The topological polar surface area (TPSA) is 163 Å². The van der Waals surface area contributed by atoms with Gasteiger partial charge in [-0.3, -0.25) is 9.59 Å². The Labute approximate surface area is 107 Å². The van der Waals surface area contributed by atoms with Crippen LogP contribution in [0.3, 0.4) is 0 Å². The lowest BCUT2D eigenvalue weighted by Crippen LogP contribution is -2.37. The summed E-state index contributed by atoms with van der Waals surface area (Å²) in [5, 5.41) is -1.67. The van der Waals surface area contributed by atoms with Gasteiger partial charge in [0.15, 0.2) is 18.0 Å². The van der Waals surface area contributed by atoms with Crippen LogP contribution in [0.1, 0.15) is 6.42 Å². The molecule has 17 heavy (non-hydrogen) atoms. The maximum atomic E-state index is 11.1. The Morgan fingerprint density at radius 3 is 1.76 bits per heavy atom. The molecule has 10 heteroatoms. The predicted molar refractivity (Wildman–Crippen MR) is 65.5 cm³/mol. The van der Waals surface area contributed by atoms with Gasteiger partial charge in [0.2, 0.25) is 10.5 Å². The van der Waals surface area contributed by atoms with Crippen molar-refractivity contribution in [3.63, 3.8) is 0 Å². The molecule has 0 aromatic rings. The van der Waals surface area contributed by atoms with Gasteiger partial charge < -0.3 is 22.9 Å². The largest absolute Gasteiger partial charge is 0.370 e. The van der Waals surface area contributed by atoms with E-state index < -0.39 is 22.6 Å². The summed E-state index contributed by atoms with van der Waals surface area (Å²) in [6.45, 7) is 0. The first-order chi connectivity index (χ1) is 7.73. The van der Waals surface area contributed by atoms with Crippen molar-refractivity contribution in [2.45, 2.75) is 18.5 Å². The normalized spacial score (nSPS) is 13.3. The highest BCUT2D eigenvalue weighted by molar-refractivity contribution is 6.65. The van der Waals surface area contributed by atoms with Gasteiger partial charge in [0.25, 0.3) is 0 Å². The number of aliphatic imine (C=N–C) groups is 2. The van der Waals surface area contributed by atoms with Gasteiger partial charge in [-0.05, 0) is 23.2 Å². The zero-order valence-electron chi connectivity index (χ0n) is 8.64. The molecule has 0 saturated carbocycles. The van der Waals surface area contributed by atoms with Crippen LogP contribution in [0.2, 0.25) is 0 Å². The minimum Gasteiger partial charge on any atom is -0.370 e. The standard InChI is InChI=1S/C7H12Cl2N6O2/c8-3(16)1-2(14-6(10)11)4(5(9)17)15-7(12)13/h2,4H,1H2,(H4,10,11,14)(H4,12,13,15). The summed E-state index contributed by atoms with van der Waals surface area (Å²) in [5.74, 6) is -0.733. The number of nitrogens with two attached hydrogens (primary N) is 4. The van der Waals surface area contributed by atoms with Crippen LogP contribution in [0.5, 0.6) is 0 Å². The van der Waals surface area contributed by atoms with Crippen molar-refractivity contribution in [3.05, 3.63) is 0 Å². The van der Waals surface area contributed by atoms with Gasteiger partial charge in [0.1, 0.15) is 0 Å². The molecular weight excluding hydrogens is 271 g/mol. The molecule has 0 spiro atoms. The minimum atomic E-state index is -1.27. The second-order valence-electron chi connectivity index (χ2n) is 2.98. The number of halogens is 2. The first-order valence-electron chi connectivity index (χ1n) is 4.29. The lowest BCUT2D eigenvalue weighted by Gasteiger charge is -2.16. The third-order valence-corrected chi connectivity index (χ3v) is 1.95. The number of rotatable bonds is 6. The fraction of sp³-hybridized carbons (Fsp3) is 0.429. The van der Waals surface area contributed by atoms with E-state index in [-0.39, 0.29) is 18.3 Å². The minimum absolute atomic E-state index is 0.334. The number of nitrogens with zero attached hydrogens (tertiary/aromatic N) is 2. The highest BCUT2D eigenvalue weighted by atomic mass is 35.5.